The van der Waals surface area contributed by atoms with Crippen LogP contribution >= 0.6 is 0 Å². The van der Waals surface area contributed by atoms with Crippen LogP contribution in [0.1, 0.15) is 43.7 Å². The van der Waals surface area contributed by atoms with Crippen molar-refractivity contribution in [1.29, 1.82) is 0 Å². The predicted octanol–water partition coefficient (Wildman–Crippen LogP) is 9.96. The van der Waals surface area contributed by atoms with Crippen LogP contribution in [0.15, 0.2) is 97.5 Å². The second-order valence-corrected chi connectivity index (χ2v) is 11.6. The zero-order chi connectivity index (χ0) is 40.1. The Hall–Kier alpha value is -5.52. The Labute approximate surface area is 299 Å². The minimum Gasteiger partial charge on any atom is -0.337 e. The average Bonchev–Trinajstić information content (AvgIpc) is 3.10. The first-order valence-corrected chi connectivity index (χ1v) is 15.4. The van der Waals surface area contributed by atoms with Crippen LogP contribution in [-0.2, 0) is 37.8 Å². The van der Waals surface area contributed by atoms with Crippen LogP contribution in [0.25, 0.3) is 22.6 Å². The standard InChI is InChI=1S/C26H18F6N4O.C10H9F6N/c1-36(15-16-10-19(25(27,28)29)12-20(11-16)26(30,31)32)24(37)21-14-34-23(18-8-5-9-33-13-18)35-22(21)17-6-3-2-4-7-17;1-17-5-6-2-7(9(11,12)13)4-8(3-6)10(14,15)16/h2-14H,15H2,1H3;2-4,17H,5H2,1H3. The van der Waals surface area contributed by atoms with Gasteiger partial charge in [-0.3, -0.25) is 9.78 Å². The topological polar surface area (TPSA) is 71.0 Å². The summed E-state index contributed by atoms with van der Waals surface area (Å²) in [5, 5.41) is 2.51. The summed E-state index contributed by atoms with van der Waals surface area (Å²) in [6.07, 6.45) is -15.2. The SMILES string of the molecule is CN(Cc1cc(C(F)(F)F)cc(C(F)(F)F)c1)C(=O)c1cnc(-c2cccnc2)nc1-c1ccccc1.CNCc1cc(C(F)(F)F)cc(C(F)(F)F)c1. The number of aromatic nitrogens is 3. The third-order valence-corrected chi connectivity index (χ3v) is 7.43. The number of rotatable bonds is 7. The molecular formula is C36H27F12N5O. The minimum atomic E-state index is -4.99. The number of benzene rings is 3. The molecule has 0 unspecified atom stereocenters. The highest BCUT2D eigenvalue weighted by Gasteiger charge is 2.38. The van der Waals surface area contributed by atoms with E-state index in [0.717, 1.165) is 4.90 Å². The molecule has 0 saturated carbocycles. The summed E-state index contributed by atoms with van der Waals surface area (Å²) in [6.45, 7) is -0.572. The van der Waals surface area contributed by atoms with Gasteiger partial charge in [-0.1, -0.05) is 30.3 Å². The maximum absolute atomic E-state index is 13.3. The van der Waals surface area contributed by atoms with Gasteiger partial charge in [-0.15, -0.1) is 0 Å². The monoisotopic (exact) mass is 773 g/mol. The molecule has 0 aliphatic heterocycles. The lowest BCUT2D eigenvalue weighted by atomic mass is 10.0. The zero-order valence-electron chi connectivity index (χ0n) is 27.9. The van der Waals surface area contributed by atoms with Crippen molar-refractivity contribution in [2.24, 2.45) is 0 Å². The van der Waals surface area contributed by atoms with Crippen molar-refractivity contribution >= 4 is 5.91 Å². The smallest absolute Gasteiger partial charge is 0.337 e. The van der Waals surface area contributed by atoms with Crippen molar-refractivity contribution in [3.8, 4) is 22.6 Å². The number of halogens is 12. The van der Waals surface area contributed by atoms with Crippen LogP contribution in [0, 0.1) is 0 Å². The van der Waals surface area contributed by atoms with Crippen molar-refractivity contribution < 1.29 is 57.5 Å². The van der Waals surface area contributed by atoms with Gasteiger partial charge in [0.2, 0.25) is 0 Å². The lowest BCUT2D eigenvalue weighted by molar-refractivity contribution is -0.144. The molecule has 0 fully saturated rings. The van der Waals surface area contributed by atoms with Gasteiger partial charge in [0.1, 0.15) is 0 Å². The lowest BCUT2D eigenvalue weighted by Crippen LogP contribution is -2.27. The summed E-state index contributed by atoms with van der Waals surface area (Å²) in [7, 11) is 2.72. The number of amides is 1. The number of nitrogens with zero attached hydrogens (tertiary/aromatic N) is 4. The maximum Gasteiger partial charge on any atom is 0.416 e. The molecule has 1 N–H and O–H groups in total. The van der Waals surface area contributed by atoms with Gasteiger partial charge in [0.05, 0.1) is 33.5 Å². The Balaban J connectivity index is 0.000000321. The van der Waals surface area contributed by atoms with E-state index < -0.39 is 59.4 Å². The van der Waals surface area contributed by atoms with Crippen molar-refractivity contribution in [2.75, 3.05) is 14.1 Å². The van der Waals surface area contributed by atoms with E-state index in [1.165, 1.54) is 20.3 Å². The number of hydrogen-bond acceptors (Lipinski definition) is 5. The first-order chi connectivity index (χ1) is 25.1. The second-order valence-electron chi connectivity index (χ2n) is 11.6. The minimum absolute atomic E-state index is 0.0318. The van der Waals surface area contributed by atoms with Gasteiger partial charge in [-0.05, 0) is 66.7 Å². The molecule has 0 bridgehead atoms. The van der Waals surface area contributed by atoms with Crippen LogP contribution in [0.3, 0.4) is 0 Å². The molecule has 3 aromatic carbocycles. The van der Waals surface area contributed by atoms with Crippen LogP contribution in [0.5, 0.6) is 0 Å². The molecule has 5 rings (SSSR count). The van der Waals surface area contributed by atoms with Crippen molar-refractivity contribution in [2.45, 2.75) is 37.8 Å². The van der Waals surface area contributed by atoms with Gasteiger partial charge in [-0.25, -0.2) is 9.97 Å². The molecule has 18 heteroatoms. The normalized spacial score (nSPS) is 12.2. The van der Waals surface area contributed by atoms with Crippen molar-refractivity contribution in [1.82, 2.24) is 25.2 Å². The average molecular weight is 774 g/mol. The summed E-state index contributed by atoms with van der Waals surface area (Å²) in [5.41, 5.74) is -4.42. The lowest BCUT2D eigenvalue weighted by Gasteiger charge is -2.21. The Morgan fingerprint density at radius 2 is 1.13 bits per heavy atom. The molecule has 0 aliphatic carbocycles. The fourth-order valence-corrected chi connectivity index (χ4v) is 4.98. The maximum atomic E-state index is 13.3. The Morgan fingerprint density at radius 3 is 1.57 bits per heavy atom. The first-order valence-electron chi connectivity index (χ1n) is 15.4. The van der Waals surface area contributed by atoms with E-state index in [-0.39, 0.29) is 41.1 Å². The number of alkyl halides is 12. The van der Waals surface area contributed by atoms with Crippen LogP contribution in [0.4, 0.5) is 52.7 Å². The second kappa shape index (κ2) is 16.2. The predicted molar refractivity (Wildman–Crippen MR) is 172 cm³/mol. The van der Waals surface area contributed by atoms with Crippen molar-refractivity contribution in [3.63, 3.8) is 0 Å². The highest BCUT2D eigenvalue weighted by molar-refractivity contribution is 5.99. The molecule has 54 heavy (non-hydrogen) atoms. The molecule has 0 atom stereocenters. The molecule has 5 aromatic rings. The molecule has 1 amide bonds. The molecule has 2 aromatic heterocycles. The summed E-state index contributed by atoms with van der Waals surface area (Å²) in [5.74, 6) is -0.388. The molecule has 2 heterocycles. The van der Waals surface area contributed by atoms with E-state index >= 15 is 0 Å². The Bertz CT molecular complexity index is 1980. The van der Waals surface area contributed by atoms with E-state index in [2.05, 4.69) is 20.3 Å². The number of hydrogen-bond donors (Lipinski definition) is 1. The zero-order valence-corrected chi connectivity index (χ0v) is 27.9. The van der Waals surface area contributed by atoms with Gasteiger partial charge < -0.3 is 10.2 Å². The Kier molecular flexibility index (Phi) is 12.4. The van der Waals surface area contributed by atoms with Gasteiger partial charge in [0.15, 0.2) is 5.82 Å². The number of nitrogens with one attached hydrogen (secondary N) is 1. The highest BCUT2D eigenvalue weighted by Crippen LogP contribution is 2.38. The first kappa shape index (κ1) is 41.2. The molecule has 286 valence electrons. The van der Waals surface area contributed by atoms with Crippen LogP contribution in [-0.4, -0.2) is 39.9 Å². The van der Waals surface area contributed by atoms with Crippen molar-refractivity contribution in [3.05, 3.63) is 136 Å². The third-order valence-electron chi connectivity index (χ3n) is 7.43. The quantitative estimate of drug-likeness (QED) is 0.167. The molecule has 6 nitrogen and oxygen atoms in total. The molecule has 0 saturated heterocycles. The summed E-state index contributed by atoms with van der Waals surface area (Å²) < 4.78 is 154. The molecule has 0 aliphatic rings. The van der Waals surface area contributed by atoms with Gasteiger partial charge in [-0.2, -0.15) is 52.7 Å². The molecule has 0 radical (unpaired) electrons. The van der Waals surface area contributed by atoms with Gasteiger partial charge in [0, 0.05) is 49.9 Å². The Morgan fingerprint density at radius 1 is 0.648 bits per heavy atom. The number of pyridine rings is 1. The summed E-state index contributed by atoms with van der Waals surface area (Å²) in [4.78, 5) is 27.2. The fraction of sp³-hybridized carbons (Fsp3) is 0.222. The summed E-state index contributed by atoms with van der Waals surface area (Å²) in [6, 6.07) is 14.9. The van der Waals surface area contributed by atoms with E-state index in [4.69, 9.17) is 0 Å². The van der Waals surface area contributed by atoms with Gasteiger partial charge in [0.25, 0.3) is 5.91 Å². The molecular weight excluding hydrogens is 746 g/mol. The van der Waals surface area contributed by atoms with E-state index in [9.17, 15) is 57.5 Å². The third kappa shape index (κ3) is 10.8. The number of carbonyl (C=O) groups excluding carboxylic acids is 1. The molecule has 0 spiro atoms. The van der Waals surface area contributed by atoms with E-state index in [1.807, 2.05) is 0 Å². The van der Waals surface area contributed by atoms with Crippen LogP contribution < -0.4 is 5.32 Å². The highest BCUT2D eigenvalue weighted by atomic mass is 19.4. The largest absolute Gasteiger partial charge is 0.416 e. The van der Waals surface area contributed by atoms with Gasteiger partial charge >= 0.3 is 24.7 Å². The van der Waals surface area contributed by atoms with Crippen LogP contribution in [0.2, 0.25) is 0 Å². The fourth-order valence-electron chi connectivity index (χ4n) is 4.98. The van der Waals surface area contributed by atoms with E-state index in [0.29, 0.717) is 41.2 Å². The van der Waals surface area contributed by atoms with E-state index in [1.54, 1.807) is 54.9 Å². The number of carbonyl (C=O) groups is 1. The summed E-state index contributed by atoms with van der Waals surface area (Å²) >= 11 is 0.